The zero-order valence-corrected chi connectivity index (χ0v) is 17.3. The number of likely N-dealkylation sites (tertiary alicyclic amines) is 1. The summed E-state index contributed by atoms with van der Waals surface area (Å²) in [5, 5.41) is 4.68. The minimum Gasteiger partial charge on any atom is -0.466 e. The van der Waals surface area contributed by atoms with E-state index in [1.807, 2.05) is 6.92 Å². The van der Waals surface area contributed by atoms with Gasteiger partial charge in [0.15, 0.2) is 5.96 Å². The SMILES string of the molecule is CCNC(=NCCc1c[nH]c2cc(C)ccc12)N1CCC(C(=O)OCC)CC1. The zero-order valence-electron chi connectivity index (χ0n) is 17.3. The molecule has 28 heavy (non-hydrogen) atoms. The molecule has 0 spiro atoms. The van der Waals surface area contributed by atoms with Crippen LogP contribution in [0.3, 0.4) is 0 Å². The minimum atomic E-state index is -0.0568. The van der Waals surface area contributed by atoms with Crippen molar-refractivity contribution in [2.24, 2.45) is 10.9 Å². The van der Waals surface area contributed by atoms with Crippen LogP contribution in [0.15, 0.2) is 29.4 Å². The fourth-order valence-corrected chi connectivity index (χ4v) is 3.80. The van der Waals surface area contributed by atoms with E-state index in [9.17, 15) is 4.79 Å². The van der Waals surface area contributed by atoms with Crippen molar-refractivity contribution >= 4 is 22.8 Å². The number of hydrogen-bond acceptors (Lipinski definition) is 3. The van der Waals surface area contributed by atoms with Crippen LogP contribution < -0.4 is 5.32 Å². The Hall–Kier alpha value is -2.50. The van der Waals surface area contributed by atoms with Gasteiger partial charge >= 0.3 is 5.97 Å². The number of carbonyl (C=O) groups is 1. The number of carbonyl (C=O) groups excluding carboxylic acids is 1. The number of aliphatic imine (C=N–C) groups is 1. The number of ether oxygens (including phenoxy) is 1. The van der Waals surface area contributed by atoms with Crippen LogP contribution in [-0.4, -0.2) is 54.6 Å². The van der Waals surface area contributed by atoms with Crippen LogP contribution >= 0.6 is 0 Å². The van der Waals surface area contributed by atoms with Crippen molar-refractivity contribution in [2.45, 2.75) is 40.0 Å². The first-order chi connectivity index (χ1) is 13.6. The minimum absolute atomic E-state index is 0.0220. The lowest BCUT2D eigenvalue weighted by atomic mass is 9.97. The lowest BCUT2D eigenvalue weighted by Crippen LogP contribution is -2.46. The van der Waals surface area contributed by atoms with Crippen molar-refractivity contribution in [2.75, 3.05) is 32.8 Å². The number of aromatic amines is 1. The molecule has 1 aliphatic heterocycles. The number of fused-ring (bicyclic) bond motifs is 1. The molecule has 2 N–H and O–H groups in total. The highest BCUT2D eigenvalue weighted by atomic mass is 16.5. The largest absolute Gasteiger partial charge is 0.466 e. The van der Waals surface area contributed by atoms with Crippen LogP contribution in [0.4, 0.5) is 0 Å². The Morgan fingerprint density at radius 3 is 2.82 bits per heavy atom. The van der Waals surface area contributed by atoms with Gasteiger partial charge in [0, 0.05) is 43.3 Å². The second-order valence-corrected chi connectivity index (χ2v) is 7.36. The molecule has 0 saturated carbocycles. The number of aryl methyl sites for hydroxylation is 1. The molecule has 2 heterocycles. The molecule has 0 aliphatic carbocycles. The van der Waals surface area contributed by atoms with Gasteiger partial charge in [0.05, 0.1) is 12.5 Å². The molecule has 0 radical (unpaired) electrons. The van der Waals surface area contributed by atoms with E-state index in [0.29, 0.717) is 6.61 Å². The maximum atomic E-state index is 11.9. The lowest BCUT2D eigenvalue weighted by Gasteiger charge is -2.33. The van der Waals surface area contributed by atoms with Gasteiger partial charge in [0.25, 0.3) is 0 Å². The number of nitrogens with zero attached hydrogens (tertiary/aromatic N) is 2. The number of nitrogens with one attached hydrogen (secondary N) is 2. The fourth-order valence-electron chi connectivity index (χ4n) is 3.80. The monoisotopic (exact) mass is 384 g/mol. The van der Waals surface area contributed by atoms with E-state index < -0.39 is 0 Å². The van der Waals surface area contributed by atoms with E-state index >= 15 is 0 Å². The van der Waals surface area contributed by atoms with Gasteiger partial charge in [-0.25, -0.2) is 0 Å². The Morgan fingerprint density at radius 2 is 2.11 bits per heavy atom. The van der Waals surface area contributed by atoms with Gasteiger partial charge in [0.1, 0.15) is 0 Å². The van der Waals surface area contributed by atoms with Crippen LogP contribution in [0, 0.1) is 12.8 Å². The van der Waals surface area contributed by atoms with Gasteiger partial charge in [-0.05, 0) is 57.2 Å². The number of esters is 1. The first-order valence-corrected chi connectivity index (χ1v) is 10.4. The van der Waals surface area contributed by atoms with Crippen LogP contribution in [0.2, 0.25) is 0 Å². The molecule has 1 aromatic carbocycles. The van der Waals surface area contributed by atoms with Gasteiger partial charge < -0.3 is 19.9 Å². The molecule has 1 aliphatic rings. The number of benzene rings is 1. The topological polar surface area (TPSA) is 69.7 Å². The Morgan fingerprint density at radius 1 is 1.32 bits per heavy atom. The second-order valence-electron chi connectivity index (χ2n) is 7.36. The lowest BCUT2D eigenvalue weighted by molar-refractivity contribution is -0.149. The molecular weight excluding hydrogens is 352 g/mol. The highest BCUT2D eigenvalue weighted by Gasteiger charge is 2.27. The van der Waals surface area contributed by atoms with E-state index in [2.05, 4.69) is 53.4 Å². The molecule has 0 unspecified atom stereocenters. The summed E-state index contributed by atoms with van der Waals surface area (Å²) in [6.45, 7) is 9.75. The van der Waals surface area contributed by atoms with E-state index in [4.69, 9.17) is 9.73 Å². The van der Waals surface area contributed by atoms with Crippen LogP contribution in [-0.2, 0) is 16.0 Å². The summed E-state index contributed by atoms with van der Waals surface area (Å²) in [6.07, 6.45) is 4.64. The normalized spacial score (nSPS) is 15.8. The Labute approximate surface area is 167 Å². The third-order valence-corrected chi connectivity index (χ3v) is 5.31. The Balaban J connectivity index is 1.59. The van der Waals surface area contributed by atoms with Crippen molar-refractivity contribution in [1.29, 1.82) is 0 Å². The van der Waals surface area contributed by atoms with E-state index in [1.54, 1.807) is 0 Å². The molecule has 0 bridgehead atoms. The second kappa shape index (κ2) is 9.62. The van der Waals surface area contributed by atoms with E-state index in [-0.39, 0.29) is 11.9 Å². The van der Waals surface area contributed by atoms with Crippen LogP contribution in [0.25, 0.3) is 10.9 Å². The third-order valence-electron chi connectivity index (χ3n) is 5.31. The average molecular weight is 385 g/mol. The van der Waals surface area contributed by atoms with Crippen molar-refractivity contribution in [1.82, 2.24) is 15.2 Å². The molecule has 0 amide bonds. The third kappa shape index (κ3) is 4.86. The van der Waals surface area contributed by atoms with Crippen LogP contribution in [0.1, 0.15) is 37.8 Å². The Kier molecular flexibility index (Phi) is 6.95. The summed E-state index contributed by atoms with van der Waals surface area (Å²) < 4.78 is 5.17. The summed E-state index contributed by atoms with van der Waals surface area (Å²) in [5.74, 6) is 0.910. The van der Waals surface area contributed by atoms with Gasteiger partial charge in [0.2, 0.25) is 0 Å². The molecule has 1 fully saturated rings. The molecule has 6 heteroatoms. The molecule has 0 atom stereocenters. The summed E-state index contributed by atoms with van der Waals surface area (Å²) >= 11 is 0. The number of aromatic nitrogens is 1. The quantitative estimate of drug-likeness (QED) is 0.456. The van der Waals surface area contributed by atoms with Crippen molar-refractivity contribution < 1.29 is 9.53 Å². The van der Waals surface area contributed by atoms with Crippen LogP contribution in [0.5, 0.6) is 0 Å². The summed E-state index contributed by atoms with van der Waals surface area (Å²) in [6, 6.07) is 6.52. The van der Waals surface area contributed by atoms with Gasteiger partial charge in [-0.1, -0.05) is 12.1 Å². The Bertz CT molecular complexity index is 819. The molecule has 1 aromatic heterocycles. The highest BCUT2D eigenvalue weighted by molar-refractivity contribution is 5.84. The number of hydrogen-bond donors (Lipinski definition) is 2. The number of H-pyrrole nitrogens is 1. The summed E-state index contributed by atoms with van der Waals surface area (Å²) in [5.41, 5.74) is 3.75. The molecule has 3 rings (SSSR count). The van der Waals surface area contributed by atoms with E-state index in [0.717, 1.165) is 51.4 Å². The number of guanidine groups is 1. The maximum Gasteiger partial charge on any atom is 0.309 e. The standard InChI is InChI=1S/C22H32N4O2/c1-4-23-22(26-12-9-17(10-13-26)21(27)28-5-2)24-11-8-18-15-25-20-14-16(3)6-7-19(18)20/h6-7,14-15,17,25H,4-5,8-13H2,1-3H3,(H,23,24). The maximum absolute atomic E-state index is 11.9. The molecule has 6 nitrogen and oxygen atoms in total. The fraction of sp³-hybridized carbons (Fsp3) is 0.545. The van der Waals surface area contributed by atoms with Crippen molar-refractivity contribution in [3.05, 3.63) is 35.5 Å². The molecule has 2 aromatic rings. The molecule has 152 valence electrons. The number of rotatable bonds is 6. The van der Waals surface area contributed by atoms with E-state index in [1.165, 1.54) is 22.0 Å². The average Bonchev–Trinajstić information content (AvgIpc) is 3.09. The predicted molar refractivity (Wildman–Crippen MR) is 114 cm³/mol. The van der Waals surface area contributed by atoms with Gasteiger partial charge in [-0.2, -0.15) is 0 Å². The van der Waals surface area contributed by atoms with Gasteiger partial charge in [-0.15, -0.1) is 0 Å². The van der Waals surface area contributed by atoms with Crippen molar-refractivity contribution in [3.63, 3.8) is 0 Å². The van der Waals surface area contributed by atoms with Gasteiger partial charge in [-0.3, -0.25) is 9.79 Å². The highest BCUT2D eigenvalue weighted by Crippen LogP contribution is 2.21. The number of piperidine rings is 1. The van der Waals surface area contributed by atoms with Crippen molar-refractivity contribution in [3.8, 4) is 0 Å². The molecule has 1 saturated heterocycles. The molecular formula is C22H32N4O2. The smallest absolute Gasteiger partial charge is 0.309 e. The first-order valence-electron chi connectivity index (χ1n) is 10.4. The zero-order chi connectivity index (χ0) is 19.9. The predicted octanol–water partition coefficient (Wildman–Crippen LogP) is 3.26. The first kappa shape index (κ1) is 20.2. The summed E-state index contributed by atoms with van der Waals surface area (Å²) in [4.78, 5) is 22.4. The summed E-state index contributed by atoms with van der Waals surface area (Å²) in [7, 11) is 0.